The number of ether oxygens (including phenoxy) is 1. The molecule has 1 saturated heterocycles. The van der Waals surface area contributed by atoms with Crippen LogP contribution >= 0.6 is 0 Å². The summed E-state index contributed by atoms with van der Waals surface area (Å²) < 4.78 is 28.8. The zero-order valence-corrected chi connectivity index (χ0v) is 11.7. The Bertz CT molecular complexity index is 229. The molecule has 0 radical (unpaired) electrons. The Morgan fingerprint density at radius 1 is 1.44 bits per heavy atom. The first-order chi connectivity index (χ1) is 8.54. The van der Waals surface area contributed by atoms with E-state index < -0.39 is 13.0 Å². The molecule has 1 fully saturated rings. The first-order valence-electron chi connectivity index (χ1n) is 6.87. The van der Waals surface area contributed by atoms with E-state index >= 15 is 0 Å². The van der Waals surface area contributed by atoms with Crippen LogP contribution in [0.2, 0.25) is 0 Å². The third kappa shape index (κ3) is 5.16. The van der Waals surface area contributed by atoms with Crippen LogP contribution in [0.5, 0.6) is 0 Å². The summed E-state index contributed by atoms with van der Waals surface area (Å²) in [5.74, 6) is 0.641. The lowest BCUT2D eigenvalue weighted by molar-refractivity contribution is 0.00108. The molecule has 3 atom stereocenters. The summed E-state index contributed by atoms with van der Waals surface area (Å²) in [5.41, 5.74) is 0. The molecule has 0 bridgehead atoms. The van der Waals surface area contributed by atoms with Gasteiger partial charge in [0.15, 0.2) is 0 Å². The van der Waals surface area contributed by atoms with Crippen molar-refractivity contribution in [2.45, 2.75) is 45.7 Å². The topological polar surface area (TPSA) is 24.5 Å². The standard InChI is InChI=1S/C13H26F2N2O/c1-4-10(2)12-8-17(11(3)7-16-12)5-6-18-9-13(14)15/h10-13,16H,4-9H2,1-3H3. The van der Waals surface area contributed by atoms with Crippen molar-refractivity contribution in [3.8, 4) is 0 Å². The number of hydrogen-bond donors (Lipinski definition) is 1. The summed E-state index contributed by atoms with van der Waals surface area (Å²) in [7, 11) is 0. The summed E-state index contributed by atoms with van der Waals surface area (Å²) in [6.45, 7) is 9.23. The average molecular weight is 264 g/mol. The van der Waals surface area contributed by atoms with E-state index in [2.05, 4.69) is 31.0 Å². The van der Waals surface area contributed by atoms with Crippen LogP contribution in [0.15, 0.2) is 0 Å². The maximum absolute atomic E-state index is 11.9. The van der Waals surface area contributed by atoms with Gasteiger partial charge in [-0.25, -0.2) is 8.78 Å². The van der Waals surface area contributed by atoms with Crippen LogP contribution in [0.4, 0.5) is 8.78 Å². The monoisotopic (exact) mass is 264 g/mol. The molecule has 3 unspecified atom stereocenters. The molecule has 1 N–H and O–H groups in total. The van der Waals surface area contributed by atoms with Gasteiger partial charge in [-0.15, -0.1) is 0 Å². The number of halogens is 2. The number of nitrogens with zero attached hydrogens (tertiary/aromatic N) is 1. The predicted octanol–water partition coefficient (Wildman–Crippen LogP) is 1.98. The molecule has 5 heteroatoms. The minimum Gasteiger partial charge on any atom is -0.374 e. The lowest BCUT2D eigenvalue weighted by atomic mass is 9.96. The highest BCUT2D eigenvalue weighted by molar-refractivity contribution is 4.86. The minimum atomic E-state index is -2.36. The molecule has 108 valence electrons. The number of nitrogens with one attached hydrogen (secondary N) is 1. The first-order valence-corrected chi connectivity index (χ1v) is 6.87. The SMILES string of the molecule is CCC(C)C1CN(CCOCC(F)F)C(C)CN1. The van der Waals surface area contributed by atoms with E-state index in [1.54, 1.807) is 0 Å². The van der Waals surface area contributed by atoms with Crippen molar-refractivity contribution in [2.24, 2.45) is 5.92 Å². The van der Waals surface area contributed by atoms with Crippen LogP contribution in [0.1, 0.15) is 27.2 Å². The van der Waals surface area contributed by atoms with Gasteiger partial charge >= 0.3 is 0 Å². The zero-order valence-electron chi connectivity index (χ0n) is 11.7. The van der Waals surface area contributed by atoms with Crippen LogP contribution in [0.3, 0.4) is 0 Å². The summed E-state index contributed by atoms with van der Waals surface area (Å²) in [6, 6.07) is 0.946. The van der Waals surface area contributed by atoms with E-state index in [1.807, 2.05) is 0 Å². The highest BCUT2D eigenvalue weighted by Gasteiger charge is 2.27. The molecule has 1 heterocycles. The predicted molar refractivity (Wildman–Crippen MR) is 69.1 cm³/mol. The Hall–Kier alpha value is -0.260. The van der Waals surface area contributed by atoms with Crippen molar-refractivity contribution in [1.29, 1.82) is 0 Å². The number of piperazine rings is 1. The number of rotatable bonds is 7. The van der Waals surface area contributed by atoms with Gasteiger partial charge in [0, 0.05) is 31.7 Å². The summed E-state index contributed by atoms with van der Waals surface area (Å²) >= 11 is 0. The van der Waals surface area contributed by atoms with Crippen molar-refractivity contribution >= 4 is 0 Å². The van der Waals surface area contributed by atoms with Crippen molar-refractivity contribution < 1.29 is 13.5 Å². The highest BCUT2D eigenvalue weighted by Crippen LogP contribution is 2.15. The van der Waals surface area contributed by atoms with Gasteiger partial charge in [0.25, 0.3) is 6.43 Å². The molecule has 0 aromatic heterocycles. The van der Waals surface area contributed by atoms with Gasteiger partial charge in [0.05, 0.1) is 6.61 Å². The van der Waals surface area contributed by atoms with Crippen LogP contribution in [-0.2, 0) is 4.74 Å². The maximum Gasteiger partial charge on any atom is 0.261 e. The van der Waals surface area contributed by atoms with E-state index in [-0.39, 0.29) is 0 Å². The van der Waals surface area contributed by atoms with E-state index in [9.17, 15) is 8.78 Å². The first kappa shape index (κ1) is 15.8. The lowest BCUT2D eigenvalue weighted by Crippen LogP contribution is -2.57. The summed E-state index contributed by atoms with van der Waals surface area (Å²) in [4.78, 5) is 2.33. The Morgan fingerprint density at radius 2 is 2.17 bits per heavy atom. The third-order valence-electron chi connectivity index (χ3n) is 3.83. The van der Waals surface area contributed by atoms with E-state index in [4.69, 9.17) is 4.74 Å². The average Bonchev–Trinajstić information content (AvgIpc) is 2.35. The normalized spacial score (nSPS) is 27.7. The fourth-order valence-corrected chi connectivity index (χ4v) is 2.28. The van der Waals surface area contributed by atoms with Crippen LogP contribution in [0, 0.1) is 5.92 Å². The Labute approximate surface area is 109 Å². The molecule has 0 spiro atoms. The van der Waals surface area contributed by atoms with Crippen LogP contribution in [-0.4, -0.2) is 56.3 Å². The van der Waals surface area contributed by atoms with Gasteiger partial charge in [-0.3, -0.25) is 4.90 Å². The van der Waals surface area contributed by atoms with Gasteiger partial charge in [-0.05, 0) is 12.8 Å². The molecule has 0 saturated carbocycles. The quantitative estimate of drug-likeness (QED) is 0.712. The van der Waals surface area contributed by atoms with Crippen LogP contribution < -0.4 is 5.32 Å². The molecule has 0 aliphatic carbocycles. The number of hydrogen-bond acceptors (Lipinski definition) is 3. The summed E-state index contributed by atoms with van der Waals surface area (Å²) in [6.07, 6.45) is -1.21. The Balaban J connectivity index is 2.29. The molecular formula is C13H26F2N2O. The van der Waals surface area contributed by atoms with Crippen molar-refractivity contribution in [3.63, 3.8) is 0 Å². The smallest absolute Gasteiger partial charge is 0.261 e. The molecule has 1 aliphatic heterocycles. The summed E-state index contributed by atoms with van der Waals surface area (Å²) in [5, 5.41) is 3.56. The number of alkyl halides is 2. The fraction of sp³-hybridized carbons (Fsp3) is 1.00. The van der Waals surface area contributed by atoms with E-state index in [0.717, 1.165) is 26.1 Å². The van der Waals surface area contributed by atoms with Gasteiger partial charge in [-0.1, -0.05) is 20.3 Å². The second-order valence-electron chi connectivity index (χ2n) is 5.21. The fourth-order valence-electron chi connectivity index (χ4n) is 2.28. The lowest BCUT2D eigenvalue weighted by Gasteiger charge is -2.40. The molecule has 1 rings (SSSR count). The van der Waals surface area contributed by atoms with Crippen LogP contribution in [0.25, 0.3) is 0 Å². The van der Waals surface area contributed by atoms with Gasteiger partial charge in [0.2, 0.25) is 0 Å². The van der Waals surface area contributed by atoms with E-state index in [0.29, 0.717) is 24.6 Å². The largest absolute Gasteiger partial charge is 0.374 e. The van der Waals surface area contributed by atoms with Gasteiger partial charge < -0.3 is 10.1 Å². The molecule has 3 nitrogen and oxygen atoms in total. The second-order valence-corrected chi connectivity index (χ2v) is 5.21. The molecule has 1 aliphatic rings. The molecule has 18 heavy (non-hydrogen) atoms. The zero-order chi connectivity index (χ0) is 13.5. The van der Waals surface area contributed by atoms with Gasteiger partial charge in [-0.2, -0.15) is 0 Å². The van der Waals surface area contributed by atoms with Gasteiger partial charge in [0.1, 0.15) is 6.61 Å². The molecule has 0 aromatic carbocycles. The Morgan fingerprint density at radius 3 is 2.78 bits per heavy atom. The molecule has 0 aromatic rings. The van der Waals surface area contributed by atoms with Crippen molar-refractivity contribution in [2.75, 3.05) is 32.8 Å². The molecule has 0 amide bonds. The van der Waals surface area contributed by atoms with Crippen molar-refractivity contribution in [1.82, 2.24) is 10.2 Å². The Kier molecular flexibility index (Phi) is 7.04. The third-order valence-corrected chi connectivity index (χ3v) is 3.83. The van der Waals surface area contributed by atoms with Crippen molar-refractivity contribution in [3.05, 3.63) is 0 Å². The highest BCUT2D eigenvalue weighted by atomic mass is 19.3. The minimum absolute atomic E-state index is 0.391. The maximum atomic E-state index is 11.9. The van der Waals surface area contributed by atoms with E-state index in [1.165, 1.54) is 0 Å². The second kappa shape index (κ2) is 8.02. The molecular weight excluding hydrogens is 238 g/mol.